The first kappa shape index (κ1) is 11.7. The zero-order valence-corrected chi connectivity index (χ0v) is 11.4. The summed E-state index contributed by atoms with van der Waals surface area (Å²) in [6.45, 7) is 8.45. The van der Waals surface area contributed by atoms with E-state index < -0.39 is 0 Å². The van der Waals surface area contributed by atoms with Crippen LogP contribution in [0.2, 0.25) is 13.1 Å². The van der Waals surface area contributed by atoms with Gasteiger partial charge in [-0.2, -0.15) is 0 Å². The summed E-state index contributed by atoms with van der Waals surface area (Å²) in [6, 6.07) is 6.78. The van der Waals surface area contributed by atoms with Crippen LogP contribution in [-0.4, -0.2) is 8.80 Å². The Labute approximate surface area is 96.8 Å². The molecule has 0 saturated heterocycles. The molecule has 0 aliphatic carbocycles. The summed E-state index contributed by atoms with van der Waals surface area (Å²) in [5, 5.41) is 2.51. The Morgan fingerprint density at radius 2 is 2.14 bits per heavy atom. The summed E-state index contributed by atoms with van der Waals surface area (Å²) in [4.78, 5) is 0. The minimum atomic E-state index is -0.358. The Hall–Kier alpha value is -0.343. The van der Waals surface area contributed by atoms with Crippen LogP contribution in [0.25, 0.3) is 0 Å². The summed E-state index contributed by atoms with van der Waals surface area (Å²) < 4.78 is 0. The maximum atomic E-state index is 3.77. The second kappa shape index (κ2) is 5.52. The Bertz CT molecular complexity index is 318. The Morgan fingerprint density at radius 3 is 2.64 bits per heavy atom. The van der Waals surface area contributed by atoms with Crippen molar-refractivity contribution in [3.05, 3.63) is 42.0 Å². The quantitative estimate of drug-likeness (QED) is 0.446. The van der Waals surface area contributed by atoms with Crippen molar-refractivity contribution in [3.63, 3.8) is 0 Å². The molecule has 1 aromatic carbocycles. The highest BCUT2D eigenvalue weighted by molar-refractivity contribution is 9.08. The van der Waals surface area contributed by atoms with Gasteiger partial charge in [0, 0.05) is 5.33 Å². The van der Waals surface area contributed by atoms with E-state index in [1.165, 1.54) is 11.1 Å². The number of alkyl halides is 1. The fourth-order valence-corrected chi connectivity index (χ4v) is 3.54. The lowest BCUT2D eigenvalue weighted by Crippen LogP contribution is -2.26. The van der Waals surface area contributed by atoms with E-state index in [-0.39, 0.29) is 8.80 Å². The molecule has 14 heavy (non-hydrogen) atoms. The lowest BCUT2D eigenvalue weighted by molar-refractivity contribution is 1.27. The number of hydrogen-bond acceptors (Lipinski definition) is 0. The molecule has 2 heteroatoms. The fraction of sp³-hybridized carbons (Fsp3) is 0.333. The predicted molar refractivity (Wildman–Crippen MR) is 70.1 cm³/mol. The summed E-state index contributed by atoms with van der Waals surface area (Å²) in [5.41, 5.74) is 2.82. The highest BCUT2D eigenvalue weighted by Gasteiger charge is 2.07. The molecule has 0 aromatic heterocycles. The first-order valence-corrected chi connectivity index (χ1v) is 8.40. The van der Waals surface area contributed by atoms with Gasteiger partial charge in [-0.3, -0.25) is 0 Å². The van der Waals surface area contributed by atoms with E-state index >= 15 is 0 Å². The fourth-order valence-electron chi connectivity index (χ4n) is 1.50. The molecule has 0 amide bonds. The highest BCUT2D eigenvalue weighted by Crippen LogP contribution is 2.08. The minimum Gasteiger partial charge on any atom is -0.103 e. The number of allylic oxidation sites excluding steroid dienone is 1. The maximum absolute atomic E-state index is 3.77. The minimum absolute atomic E-state index is 0.358. The number of hydrogen-bond donors (Lipinski definition) is 0. The molecular weight excluding hydrogens is 252 g/mol. The Balaban J connectivity index is 3.07. The number of benzene rings is 1. The van der Waals surface area contributed by atoms with E-state index in [9.17, 15) is 0 Å². The SMILES string of the molecule is C=CCc1ccc(CBr)c([Si](C)C)c1. The molecule has 1 aromatic rings. The standard InChI is InChI=1S/C12H16BrSi/c1-4-5-10-6-7-11(9-13)12(8-10)14(2)3/h4,6-8H,1,5,9H2,2-3H3. The van der Waals surface area contributed by atoms with Gasteiger partial charge in [0.05, 0.1) is 8.80 Å². The largest absolute Gasteiger partial charge is 0.103 e. The summed E-state index contributed by atoms with van der Waals surface area (Å²) >= 11 is 3.54. The molecule has 1 rings (SSSR count). The lowest BCUT2D eigenvalue weighted by atomic mass is 10.1. The van der Waals surface area contributed by atoms with Crippen molar-refractivity contribution in [1.29, 1.82) is 0 Å². The zero-order valence-electron chi connectivity index (χ0n) is 8.81. The first-order valence-electron chi connectivity index (χ1n) is 4.78. The summed E-state index contributed by atoms with van der Waals surface area (Å²) in [6.07, 6.45) is 2.94. The maximum Gasteiger partial charge on any atom is 0.0795 e. The third-order valence-corrected chi connectivity index (χ3v) is 4.38. The molecule has 0 fully saturated rings. The molecule has 0 unspecified atom stereocenters. The van der Waals surface area contributed by atoms with Gasteiger partial charge in [-0.25, -0.2) is 0 Å². The van der Waals surface area contributed by atoms with Crippen LogP contribution in [0.4, 0.5) is 0 Å². The topological polar surface area (TPSA) is 0 Å². The third-order valence-electron chi connectivity index (χ3n) is 2.24. The molecule has 0 aliphatic heterocycles. The molecular formula is C12H16BrSi. The molecule has 1 radical (unpaired) electrons. The van der Waals surface area contributed by atoms with E-state index in [0.29, 0.717) is 0 Å². The molecule has 0 nitrogen and oxygen atoms in total. The molecule has 0 N–H and O–H groups in total. The van der Waals surface area contributed by atoms with Crippen molar-refractivity contribution in [1.82, 2.24) is 0 Å². The van der Waals surface area contributed by atoms with Gasteiger partial charge in [0.25, 0.3) is 0 Å². The highest BCUT2D eigenvalue weighted by atomic mass is 79.9. The van der Waals surface area contributed by atoms with Gasteiger partial charge in [-0.15, -0.1) is 6.58 Å². The second-order valence-corrected chi connectivity index (χ2v) is 6.72. The van der Waals surface area contributed by atoms with Crippen LogP contribution in [0.1, 0.15) is 11.1 Å². The predicted octanol–water partition coefficient (Wildman–Crippen LogP) is 3.27. The molecule has 0 saturated carbocycles. The van der Waals surface area contributed by atoms with Gasteiger partial charge in [0.1, 0.15) is 0 Å². The van der Waals surface area contributed by atoms with E-state index in [1.807, 2.05) is 6.08 Å². The molecule has 0 spiro atoms. The molecule has 0 heterocycles. The number of halogens is 1. The van der Waals surface area contributed by atoms with Crippen molar-refractivity contribution in [2.24, 2.45) is 0 Å². The Morgan fingerprint density at radius 1 is 1.43 bits per heavy atom. The number of rotatable bonds is 4. The van der Waals surface area contributed by atoms with Gasteiger partial charge >= 0.3 is 0 Å². The Kier molecular flexibility index (Phi) is 4.62. The molecule has 75 valence electrons. The average molecular weight is 268 g/mol. The van der Waals surface area contributed by atoms with Crippen molar-refractivity contribution < 1.29 is 0 Å². The van der Waals surface area contributed by atoms with Crippen LogP contribution in [0, 0.1) is 0 Å². The van der Waals surface area contributed by atoms with Gasteiger partial charge in [-0.05, 0) is 17.5 Å². The first-order chi connectivity index (χ1) is 6.69. The van der Waals surface area contributed by atoms with Crippen LogP contribution >= 0.6 is 15.9 Å². The lowest BCUT2D eigenvalue weighted by Gasteiger charge is -2.11. The molecule has 0 atom stereocenters. The van der Waals surface area contributed by atoms with Gasteiger partial charge in [0.2, 0.25) is 0 Å². The van der Waals surface area contributed by atoms with Crippen LogP contribution in [0.15, 0.2) is 30.9 Å². The average Bonchev–Trinajstić information content (AvgIpc) is 2.18. The molecule has 0 aliphatic rings. The van der Waals surface area contributed by atoms with Crippen LogP contribution in [0.3, 0.4) is 0 Å². The smallest absolute Gasteiger partial charge is 0.0795 e. The van der Waals surface area contributed by atoms with E-state index in [4.69, 9.17) is 0 Å². The normalized spacial score (nSPS) is 10.6. The van der Waals surface area contributed by atoms with E-state index in [2.05, 4.69) is 53.8 Å². The summed E-state index contributed by atoms with van der Waals surface area (Å²) in [5.74, 6) is 0. The second-order valence-electron chi connectivity index (χ2n) is 3.62. The van der Waals surface area contributed by atoms with Crippen molar-refractivity contribution >= 4 is 29.9 Å². The van der Waals surface area contributed by atoms with E-state index in [0.717, 1.165) is 11.8 Å². The van der Waals surface area contributed by atoms with Crippen molar-refractivity contribution in [2.45, 2.75) is 24.8 Å². The van der Waals surface area contributed by atoms with Crippen molar-refractivity contribution in [3.8, 4) is 0 Å². The van der Waals surface area contributed by atoms with Crippen molar-refractivity contribution in [2.75, 3.05) is 0 Å². The van der Waals surface area contributed by atoms with Crippen LogP contribution < -0.4 is 5.19 Å². The molecule has 0 bridgehead atoms. The monoisotopic (exact) mass is 267 g/mol. The van der Waals surface area contributed by atoms with Crippen LogP contribution in [0.5, 0.6) is 0 Å². The van der Waals surface area contributed by atoms with E-state index in [1.54, 1.807) is 5.19 Å². The third kappa shape index (κ3) is 2.82. The zero-order chi connectivity index (χ0) is 10.6. The van der Waals surface area contributed by atoms with Gasteiger partial charge in [-0.1, -0.05) is 58.5 Å². The van der Waals surface area contributed by atoms with Gasteiger partial charge in [0.15, 0.2) is 0 Å². The van der Waals surface area contributed by atoms with Gasteiger partial charge < -0.3 is 0 Å². The van der Waals surface area contributed by atoms with Crippen LogP contribution in [-0.2, 0) is 11.8 Å². The summed E-state index contributed by atoms with van der Waals surface area (Å²) in [7, 11) is -0.358.